The highest BCUT2D eigenvalue weighted by Gasteiger charge is 2.26. The number of rotatable bonds is 7. The van der Waals surface area contributed by atoms with Gasteiger partial charge in [0.05, 0.1) is 16.1 Å². The first kappa shape index (κ1) is 15.8. The van der Waals surface area contributed by atoms with Gasteiger partial charge in [0.1, 0.15) is 0 Å². The Morgan fingerprint density at radius 1 is 1.43 bits per heavy atom. The Hall–Kier alpha value is -1.60. The third-order valence-electron chi connectivity index (χ3n) is 3.54. The topological polar surface area (TPSA) is 101 Å². The highest BCUT2D eigenvalue weighted by Crippen LogP contribution is 2.33. The summed E-state index contributed by atoms with van der Waals surface area (Å²) in [5.41, 5.74) is 0.541. The lowest BCUT2D eigenvalue weighted by Gasteiger charge is -2.26. The maximum absolute atomic E-state index is 11.4. The van der Waals surface area contributed by atoms with Crippen LogP contribution >= 0.6 is 0 Å². The third kappa shape index (κ3) is 3.95. The number of carbonyl (C=O) groups is 1. The lowest BCUT2D eigenvalue weighted by Crippen LogP contribution is -2.28. The predicted octanol–water partition coefficient (Wildman–Crippen LogP) is 1.66. The quantitative estimate of drug-likeness (QED) is 0.797. The highest BCUT2D eigenvalue weighted by molar-refractivity contribution is 7.89. The van der Waals surface area contributed by atoms with E-state index in [0.29, 0.717) is 11.6 Å². The molecule has 1 fully saturated rings. The van der Waals surface area contributed by atoms with Crippen molar-refractivity contribution in [1.29, 1.82) is 0 Å². The minimum atomic E-state index is -3.91. The molecular formula is C14H20N2O4S. The second kappa shape index (κ2) is 6.03. The molecule has 21 heavy (non-hydrogen) atoms. The molecule has 0 heterocycles. The molecule has 1 aromatic rings. The Morgan fingerprint density at radius 2 is 2.10 bits per heavy atom. The van der Waals surface area contributed by atoms with Gasteiger partial charge in [-0.25, -0.2) is 18.4 Å². The van der Waals surface area contributed by atoms with Crippen LogP contribution in [-0.2, 0) is 10.0 Å². The lowest BCUT2D eigenvalue weighted by atomic mass is 10.1. The summed E-state index contributed by atoms with van der Waals surface area (Å²) in [5, 5.41) is 14.4. The summed E-state index contributed by atoms with van der Waals surface area (Å²) in [5.74, 6) is -0.538. The summed E-state index contributed by atoms with van der Waals surface area (Å²) in [7, 11) is -3.91. The van der Waals surface area contributed by atoms with E-state index in [1.165, 1.54) is 6.07 Å². The SMILES string of the molecule is CCCN(CC1CC1)c1ccc(S(N)(=O)=O)cc1C(=O)O. The number of hydrogen-bond acceptors (Lipinski definition) is 4. The van der Waals surface area contributed by atoms with E-state index in [9.17, 15) is 18.3 Å². The van der Waals surface area contributed by atoms with Crippen molar-refractivity contribution in [2.75, 3.05) is 18.0 Å². The van der Waals surface area contributed by atoms with Gasteiger partial charge < -0.3 is 10.0 Å². The van der Waals surface area contributed by atoms with E-state index in [1.54, 1.807) is 6.07 Å². The summed E-state index contributed by atoms with van der Waals surface area (Å²) in [6.45, 7) is 3.58. The molecule has 0 radical (unpaired) electrons. The zero-order valence-corrected chi connectivity index (χ0v) is 12.8. The number of aromatic carboxylic acids is 1. The third-order valence-corrected chi connectivity index (χ3v) is 4.45. The summed E-state index contributed by atoms with van der Waals surface area (Å²) in [6.07, 6.45) is 3.22. The number of primary sulfonamides is 1. The van der Waals surface area contributed by atoms with Crippen molar-refractivity contribution in [3.05, 3.63) is 23.8 Å². The van der Waals surface area contributed by atoms with Crippen molar-refractivity contribution in [3.63, 3.8) is 0 Å². The van der Waals surface area contributed by atoms with Crippen molar-refractivity contribution >= 4 is 21.7 Å². The number of benzene rings is 1. The van der Waals surface area contributed by atoms with E-state index in [1.807, 2.05) is 11.8 Å². The first-order valence-electron chi connectivity index (χ1n) is 6.98. The van der Waals surface area contributed by atoms with Crippen LogP contribution in [0, 0.1) is 5.92 Å². The molecule has 0 aliphatic heterocycles. The minimum Gasteiger partial charge on any atom is -0.478 e. The molecule has 3 N–H and O–H groups in total. The highest BCUT2D eigenvalue weighted by atomic mass is 32.2. The first-order chi connectivity index (χ1) is 9.82. The van der Waals surface area contributed by atoms with Crippen molar-refractivity contribution in [2.24, 2.45) is 11.1 Å². The summed E-state index contributed by atoms with van der Waals surface area (Å²) < 4.78 is 22.7. The number of nitrogens with zero attached hydrogens (tertiary/aromatic N) is 1. The van der Waals surface area contributed by atoms with E-state index in [0.717, 1.165) is 38.4 Å². The molecule has 6 nitrogen and oxygen atoms in total. The Balaban J connectivity index is 2.42. The number of carboxylic acid groups (broad SMARTS) is 1. The zero-order valence-electron chi connectivity index (χ0n) is 11.9. The number of anilines is 1. The van der Waals surface area contributed by atoms with Gasteiger partial charge in [-0.15, -0.1) is 0 Å². The maximum Gasteiger partial charge on any atom is 0.337 e. The Labute approximate surface area is 124 Å². The van der Waals surface area contributed by atoms with Gasteiger partial charge in [-0.1, -0.05) is 6.92 Å². The molecule has 0 bridgehead atoms. The van der Waals surface area contributed by atoms with Gasteiger partial charge >= 0.3 is 5.97 Å². The molecule has 2 rings (SSSR count). The summed E-state index contributed by atoms with van der Waals surface area (Å²) >= 11 is 0. The number of carboxylic acids is 1. The Kier molecular flexibility index (Phi) is 4.53. The normalized spacial score (nSPS) is 15.0. The fourth-order valence-electron chi connectivity index (χ4n) is 2.33. The van der Waals surface area contributed by atoms with Gasteiger partial charge in [0.25, 0.3) is 0 Å². The van der Waals surface area contributed by atoms with Crippen molar-refractivity contribution in [3.8, 4) is 0 Å². The minimum absolute atomic E-state index is 0.0179. The monoisotopic (exact) mass is 312 g/mol. The second-order valence-corrected chi connectivity index (χ2v) is 6.98. The number of hydrogen-bond donors (Lipinski definition) is 2. The number of nitrogens with two attached hydrogens (primary N) is 1. The van der Waals surface area contributed by atoms with E-state index < -0.39 is 16.0 Å². The molecule has 7 heteroatoms. The molecule has 1 aliphatic rings. The van der Waals surface area contributed by atoms with Crippen molar-refractivity contribution in [2.45, 2.75) is 31.1 Å². The molecule has 1 saturated carbocycles. The molecule has 1 aromatic carbocycles. The van der Waals surface area contributed by atoms with E-state index in [-0.39, 0.29) is 10.5 Å². The lowest BCUT2D eigenvalue weighted by molar-refractivity contribution is 0.0697. The Morgan fingerprint density at radius 3 is 2.57 bits per heavy atom. The van der Waals surface area contributed by atoms with Gasteiger partial charge in [-0.3, -0.25) is 0 Å². The molecule has 0 amide bonds. The van der Waals surface area contributed by atoms with Crippen LogP contribution < -0.4 is 10.0 Å². The van der Waals surface area contributed by atoms with Crippen LogP contribution in [0.25, 0.3) is 0 Å². The average Bonchev–Trinajstić information content (AvgIpc) is 3.20. The molecule has 0 unspecified atom stereocenters. The van der Waals surface area contributed by atoms with Gasteiger partial charge in [0.15, 0.2) is 0 Å². The Bertz CT molecular complexity index is 638. The van der Waals surface area contributed by atoms with E-state index in [2.05, 4.69) is 0 Å². The first-order valence-corrected chi connectivity index (χ1v) is 8.52. The fourth-order valence-corrected chi connectivity index (χ4v) is 2.87. The molecule has 1 aliphatic carbocycles. The molecular weight excluding hydrogens is 292 g/mol. The van der Waals surface area contributed by atoms with Crippen molar-refractivity contribution in [1.82, 2.24) is 0 Å². The van der Waals surface area contributed by atoms with Gasteiger partial charge in [-0.2, -0.15) is 0 Å². The predicted molar refractivity (Wildman–Crippen MR) is 80.0 cm³/mol. The summed E-state index contributed by atoms with van der Waals surface area (Å²) in [6, 6.07) is 4.05. The van der Waals surface area contributed by atoms with Crippen LogP contribution in [-0.4, -0.2) is 32.6 Å². The van der Waals surface area contributed by atoms with Crippen LogP contribution in [0.4, 0.5) is 5.69 Å². The second-order valence-electron chi connectivity index (χ2n) is 5.42. The summed E-state index contributed by atoms with van der Waals surface area (Å²) in [4.78, 5) is 13.3. The molecule has 0 spiro atoms. The standard InChI is InChI=1S/C14H20N2O4S/c1-2-7-16(9-10-3-4-10)13-6-5-11(21(15,19)20)8-12(13)14(17)18/h5-6,8,10H,2-4,7,9H2,1H3,(H,17,18)(H2,15,19,20). The van der Waals surface area contributed by atoms with Gasteiger partial charge in [-0.05, 0) is 43.4 Å². The van der Waals surface area contributed by atoms with Crippen LogP contribution in [0.5, 0.6) is 0 Å². The van der Waals surface area contributed by atoms with Crippen LogP contribution in [0.15, 0.2) is 23.1 Å². The molecule has 0 atom stereocenters. The van der Waals surface area contributed by atoms with Crippen LogP contribution in [0.2, 0.25) is 0 Å². The maximum atomic E-state index is 11.4. The van der Waals surface area contributed by atoms with Crippen molar-refractivity contribution < 1.29 is 18.3 Å². The molecule has 0 aromatic heterocycles. The average molecular weight is 312 g/mol. The molecule has 0 saturated heterocycles. The van der Waals surface area contributed by atoms with Gasteiger partial charge in [0, 0.05) is 13.1 Å². The molecule has 116 valence electrons. The van der Waals surface area contributed by atoms with Crippen LogP contribution in [0.3, 0.4) is 0 Å². The van der Waals surface area contributed by atoms with Crippen LogP contribution in [0.1, 0.15) is 36.5 Å². The smallest absolute Gasteiger partial charge is 0.337 e. The fraction of sp³-hybridized carbons (Fsp3) is 0.500. The van der Waals surface area contributed by atoms with E-state index >= 15 is 0 Å². The zero-order chi connectivity index (χ0) is 15.6. The number of sulfonamides is 1. The van der Waals surface area contributed by atoms with E-state index in [4.69, 9.17) is 5.14 Å². The largest absolute Gasteiger partial charge is 0.478 e. The van der Waals surface area contributed by atoms with Gasteiger partial charge in [0.2, 0.25) is 10.0 Å².